The summed E-state index contributed by atoms with van der Waals surface area (Å²) >= 11 is 0. The number of nitrogens with zero attached hydrogens (tertiary/aromatic N) is 1. The number of nitrogens with one attached hydrogen (secondary N) is 2. The van der Waals surface area contributed by atoms with E-state index < -0.39 is 11.8 Å². The third kappa shape index (κ3) is 3.77. The summed E-state index contributed by atoms with van der Waals surface area (Å²) in [5.74, 6) is -0.782. The number of aromatic nitrogens is 1. The van der Waals surface area contributed by atoms with Gasteiger partial charge in [-0.05, 0) is 31.4 Å². The third-order valence-corrected chi connectivity index (χ3v) is 3.39. The van der Waals surface area contributed by atoms with Crippen LogP contribution in [0.3, 0.4) is 0 Å². The zero-order chi connectivity index (χ0) is 13.7. The summed E-state index contributed by atoms with van der Waals surface area (Å²) in [5.41, 5.74) is 0.835. The van der Waals surface area contributed by atoms with E-state index in [9.17, 15) is 9.59 Å². The van der Waals surface area contributed by atoms with Crippen molar-refractivity contribution in [3.63, 3.8) is 0 Å². The highest BCUT2D eigenvalue weighted by Crippen LogP contribution is 2.17. The van der Waals surface area contributed by atoms with Crippen molar-refractivity contribution in [2.45, 2.75) is 45.1 Å². The Kier molecular flexibility index (Phi) is 4.49. The number of carbonyl (C=O) groups is 2. The number of hydrogen-bond acceptors (Lipinski definition) is 3. The van der Waals surface area contributed by atoms with Crippen molar-refractivity contribution in [2.75, 3.05) is 5.32 Å². The van der Waals surface area contributed by atoms with Crippen LogP contribution in [0.25, 0.3) is 0 Å². The van der Waals surface area contributed by atoms with Crippen LogP contribution in [-0.2, 0) is 9.59 Å². The first-order valence-electron chi connectivity index (χ1n) is 6.70. The molecule has 5 heteroatoms. The minimum atomic E-state index is -0.646. The Labute approximate surface area is 112 Å². The Balaban J connectivity index is 1.89. The van der Waals surface area contributed by atoms with Crippen LogP contribution in [0.15, 0.2) is 18.3 Å². The molecule has 2 N–H and O–H groups in total. The molecule has 2 rings (SSSR count). The normalized spacial score (nSPS) is 15.8. The molecular weight excluding hydrogens is 242 g/mol. The zero-order valence-corrected chi connectivity index (χ0v) is 11.1. The SMILES string of the molecule is Cc1cccnc1NC(=O)C(=O)NC1CCCCC1. The van der Waals surface area contributed by atoms with Crippen LogP contribution in [-0.4, -0.2) is 22.8 Å². The lowest BCUT2D eigenvalue weighted by Gasteiger charge is -2.22. The molecule has 1 aromatic rings. The van der Waals surface area contributed by atoms with E-state index in [1.54, 1.807) is 12.3 Å². The lowest BCUT2D eigenvalue weighted by Crippen LogP contribution is -2.42. The number of anilines is 1. The molecule has 0 bridgehead atoms. The van der Waals surface area contributed by atoms with Gasteiger partial charge in [-0.3, -0.25) is 9.59 Å². The molecule has 0 unspecified atom stereocenters. The minimum absolute atomic E-state index is 0.136. The van der Waals surface area contributed by atoms with Crippen LogP contribution in [0, 0.1) is 6.92 Å². The average molecular weight is 261 g/mol. The van der Waals surface area contributed by atoms with Crippen LogP contribution in [0.1, 0.15) is 37.7 Å². The van der Waals surface area contributed by atoms with Crippen LogP contribution in [0.5, 0.6) is 0 Å². The highest BCUT2D eigenvalue weighted by atomic mass is 16.2. The summed E-state index contributed by atoms with van der Waals surface area (Å²) in [6, 6.07) is 3.76. The second kappa shape index (κ2) is 6.31. The number of amides is 2. The number of pyridine rings is 1. The number of carbonyl (C=O) groups excluding carboxylic acids is 2. The predicted molar refractivity (Wildman–Crippen MR) is 72.6 cm³/mol. The molecule has 19 heavy (non-hydrogen) atoms. The average Bonchev–Trinajstić information content (AvgIpc) is 2.42. The summed E-state index contributed by atoms with van der Waals surface area (Å²) in [6.45, 7) is 1.83. The molecule has 1 aliphatic carbocycles. The van der Waals surface area contributed by atoms with E-state index in [0.29, 0.717) is 5.82 Å². The molecule has 2 amide bonds. The van der Waals surface area contributed by atoms with E-state index in [4.69, 9.17) is 0 Å². The Morgan fingerprint density at radius 3 is 2.63 bits per heavy atom. The number of hydrogen-bond donors (Lipinski definition) is 2. The Morgan fingerprint density at radius 1 is 1.21 bits per heavy atom. The predicted octanol–water partition coefficient (Wildman–Crippen LogP) is 1.78. The summed E-state index contributed by atoms with van der Waals surface area (Å²) in [4.78, 5) is 27.6. The van der Waals surface area contributed by atoms with E-state index in [0.717, 1.165) is 31.2 Å². The van der Waals surface area contributed by atoms with Gasteiger partial charge in [0.15, 0.2) is 0 Å². The van der Waals surface area contributed by atoms with Gasteiger partial charge in [0.1, 0.15) is 5.82 Å². The Hall–Kier alpha value is -1.91. The Bertz CT molecular complexity index is 468. The maximum atomic E-state index is 11.8. The van der Waals surface area contributed by atoms with E-state index in [-0.39, 0.29) is 6.04 Å². The molecule has 0 spiro atoms. The molecule has 0 saturated heterocycles. The molecule has 1 saturated carbocycles. The van der Waals surface area contributed by atoms with Gasteiger partial charge < -0.3 is 10.6 Å². The summed E-state index contributed by atoms with van der Waals surface area (Å²) in [6.07, 6.45) is 6.95. The molecule has 5 nitrogen and oxygen atoms in total. The van der Waals surface area contributed by atoms with Gasteiger partial charge in [0.05, 0.1) is 0 Å². The highest BCUT2D eigenvalue weighted by Gasteiger charge is 2.20. The molecule has 0 aromatic carbocycles. The van der Waals surface area contributed by atoms with Crippen LogP contribution in [0.2, 0.25) is 0 Å². The largest absolute Gasteiger partial charge is 0.345 e. The fourth-order valence-corrected chi connectivity index (χ4v) is 2.28. The zero-order valence-electron chi connectivity index (χ0n) is 11.1. The number of rotatable bonds is 2. The van der Waals surface area contributed by atoms with Gasteiger partial charge in [0.2, 0.25) is 0 Å². The first kappa shape index (κ1) is 13.5. The van der Waals surface area contributed by atoms with E-state index in [1.807, 2.05) is 13.0 Å². The van der Waals surface area contributed by atoms with Crippen LogP contribution < -0.4 is 10.6 Å². The summed E-state index contributed by atoms with van der Waals surface area (Å²) < 4.78 is 0. The van der Waals surface area contributed by atoms with E-state index in [1.165, 1.54) is 6.42 Å². The van der Waals surface area contributed by atoms with Crippen molar-refractivity contribution in [2.24, 2.45) is 0 Å². The van der Waals surface area contributed by atoms with Gasteiger partial charge in [-0.1, -0.05) is 25.3 Å². The van der Waals surface area contributed by atoms with Gasteiger partial charge in [0.25, 0.3) is 0 Å². The second-order valence-corrected chi connectivity index (χ2v) is 4.93. The van der Waals surface area contributed by atoms with Crippen LogP contribution in [0.4, 0.5) is 5.82 Å². The lowest BCUT2D eigenvalue weighted by molar-refractivity contribution is -0.136. The highest BCUT2D eigenvalue weighted by molar-refractivity contribution is 6.39. The summed E-state index contributed by atoms with van der Waals surface area (Å²) in [7, 11) is 0. The van der Waals surface area contributed by atoms with Gasteiger partial charge in [0, 0.05) is 12.2 Å². The van der Waals surface area contributed by atoms with Gasteiger partial charge in [-0.15, -0.1) is 0 Å². The lowest BCUT2D eigenvalue weighted by atomic mass is 9.95. The minimum Gasteiger partial charge on any atom is -0.345 e. The molecule has 1 heterocycles. The van der Waals surface area contributed by atoms with Crippen molar-refractivity contribution < 1.29 is 9.59 Å². The molecule has 1 aromatic heterocycles. The van der Waals surface area contributed by atoms with Gasteiger partial charge >= 0.3 is 11.8 Å². The second-order valence-electron chi connectivity index (χ2n) is 4.93. The fraction of sp³-hybridized carbons (Fsp3) is 0.500. The Morgan fingerprint density at radius 2 is 1.95 bits per heavy atom. The summed E-state index contributed by atoms with van der Waals surface area (Å²) in [5, 5.41) is 5.32. The van der Waals surface area contributed by atoms with Crippen LogP contribution >= 0.6 is 0 Å². The van der Waals surface area contributed by atoms with Crippen molar-refractivity contribution in [3.8, 4) is 0 Å². The van der Waals surface area contributed by atoms with E-state index >= 15 is 0 Å². The van der Waals surface area contributed by atoms with Crippen molar-refractivity contribution in [3.05, 3.63) is 23.9 Å². The fourth-order valence-electron chi connectivity index (χ4n) is 2.28. The van der Waals surface area contributed by atoms with Gasteiger partial charge in [-0.25, -0.2) is 4.98 Å². The molecule has 0 atom stereocenters. The maximum Gasteiger partial charge on any atom is 0.314 e. The molecule has 0 radical (unpaired) electrons. The third-order valence-electron chi connectivity index (χ3n) is 3.39. The van der Waals surface area contributed by atoms with Crippen molar-refractivity contribution in [1.82, 2.24) is 10.3 Å². The topological polar surface area (TPSA) is 71.1 Å². The van der Waals surface area contributed by atoms with Crippen molar-refractivity contribution >= 4 is 17.6 Å². The smallest absolute Gasteiger partial charge is 0.314 e. The maximum absolute atomic E-state index is 11.8. The monoisotopic (exact) mass is 261 g/mol. The quantitative estimate of drug-likeness (QED) is 0.797. The molecule has 1 aliphatic rings. The van der Waals surface area contributed by atoms with Crippen molar-refractivity contribution in [1.29, 1.82) is 0 Å². The van der Waals surface area contributed by atoms with E-state index in [2.05, 4.69) is 15.6 Å². The molecule has 1 fully saturated rings. The first-order valence-corrected chi connectivity index (χ1v) is 6.70. The molecular formula is C14H19N3O2. The standard InChI is InChI=1S/C14H19N3O2/c1-10-6-5-9-15-12(10)17-14(19)13(18)16-11-7-3-2-4-8-11/h5-6,9,11H,2-4,7-8H2,1H3,(H,16,18)(H,15,17,19). The number of aryl methyl sites for hydroxylation is 1. The first-order chi connectivity index (χ1) is 9.16. The molecule has 102 valence electrons. The molecule has 0 aliphatic heterocycles. The van der Waals surface area contributed by atoms with Gasteiger partial charge in [-0.2, -0.15) is 0 Å².